The fourth-order valence-electron chi connectivity index (χ4n) is 3.63. The number of ether oxygens (including phenoxy) is 3. The zero-order chi connectivity index (χ0) is 21.3. The van der Waals surface area contributed by atoms with E-state index >= 15 is 0 Å². The van der Waals surface area contributed by atoms with Gasteiger partial charge in [-0.15, -0.1) is 0 Å². The largest absolute Gasteiger partial charge is 0.486 e. The number of halogens is 1. The van der Waals surface area contributed by atoms with Gasteiger partial charge in [0.25, 0.3) is 0 Å². The van der Waals surface area contributed by atoms with Gasteiger partial charge >= 0.3 is 5.97 Å². The Morgan fingerprint density at radius 1 is 1.23 bits per heavy atom. The van der Waals surface area contributed by atoms with Crippen LogP contribution in [0.1, 0.15) is 25.5 Å². The number of hydrogen-bond donors (Lipinski definition) is 1. The van der Waals surface area contributed by atoms with E-state index in [2.05, 4.69) is 5.32 Å². The summed E-state index contributed by atoms with van der Waals surface area (Å²) in [6.07, 6.45) is 0. The minimum Gasteiger partial charge on any atom is -0.486 e. The van der Waals surface area contributed by atoms with Gasteiger partial charge < -0.3 is 19.5 Å². The third kappa shape index (κ3) is 3.70. The van der Waals surface area contributed by atoms with E-state index in [4.69, 9.17) is 26.4 Å². The van der Waals surface area contributed by atoms with Crippen LogP contribution in [0.4, 0.5) is 10.1 Å². The molecule has 0 spiro atoms. The van der Waals surface area contributed by atoms with Crippen LogP contribution in [-0.2, 0) is 9.53 Å². The molecule has 2 aromatic rings. The molecule has 2 aliphatic heterocycles. The topological polar surface area (TPSA) is 60.0 Å². The first kappa shape index (κ1) is 20.2. The minimum absolute atomic E-state index is 0.222. The normalized spacial score (nSPS) is 18.2. The summed E-state index contributed by atoms with van der Waals surface area (Å²) in [5.74, 6) is 0.391. The van der Waals surface area contributed by atoms with E-state index in [1.54, 1.807) is 30.9 Å². The van der Waals surface area contributed by atoms with Crippen molar-refractivity contribution in [2.75, 3.05) is 24.7 Å². The van der Waals surface area contributed by atoms with Gasteiger partial charge in [0.05, 0.1) is 23.9 Å². The molecule has 4 rings (SSSR count). The standard InChI is InChI=1S/C22H21FN2O4S/c1-3-27-21(26)19-13(2)25(16-7-8-17-18(12-16)29-10-9-28-17)22(30)24-20(19)14-5-4-6-15(23)11-14/h4-8,11-12,20H,3,9-10H2,1-2H3,(H,24,30)/t20-/m0/s1. The molecule has 6 nitrogen and oxygen atoms in total. The molecule has 1 atom stereocenters. The van der Waals surface area contributed by atoms with Crippen LogP contribution < -0.4 is 19.7 Å². The third-order valence-corrected chi connectivity index (χ3v) is 5.25. The molecule has 0 saturated heterocycles. The second kappa shape index (κ2) is 8.31. The maximum atomic E-state index is 13.9. The van der Waals surface area contributed by atoms with Gasteiger partial charge in [-0.25, -0.2) is 9.18 Å². The van der Waals surface area contributed by atoms with E-state index in [0.29, 0.717) is 52.3 Å². The summed E-state index contributed by atoms with van der Waals surface area (Å²) < 4.78 is 30.4. The maximum absolute atomic E-state index is 13.9. The lowest BCUT2D eigenvalue weighted by atomic mass is 9.94. The molecule has 8 heteroatoms. The van der Waals surface area contributed by atoms with E-state index in [0.717, 1.165) is 0 Å². The quantitative estimate of drug-likeness (QED) is 0.586. The number of allylic oxidation sites excluding steroid dienone is 1. The van der Waals surface area contributed by atoms with Gasteiger partial charge in [-0.05, 0) is 55.9 Å². The molecule has 0 radical (unpaired) electrons. The van der Waals surface area contributed by atoms with Gasteiger partial charge in [0, 0.05) is 11.8 Å². The lowest BCUT2D eigenvalue weighted by molar-refractivity contribution is -0.139. The number of thiocarbonyl (C=S) groups is 1. The molecule has 0 unspecified atom stereocenters. The summed E-state index contributed by atoms with van der Waals surface area (Å²) in [5.41, 5.74) is 2.27. The molecule has 0 bridgehead atoms. The molecule has 156 valence electrons. The Bertz CT molecular complexity index is 1040. The van der Waals surface area contributed by atoms with Crippen LogP contribution >= 0.6 is 12.2 Å². The predicted molar refractivity (Wildman–Crippen MR) is 114 cm³/mol. The molecule has 0 fully saturated rings. The Morgan fingerprint density at radius 2 is 2.00 bits per heavy atom. The minimum atomic E-state index is -0.624. The van der Waals surface area contributed by atoms with Crippen molar-refractivity contribution in [1.82, 2.24) is 5.32 Å². The first-order valence-electron chi connectivity index (χ1n) is 9.63. The summed E-state index contributed by atoms with van der Waals surface area (Å²) in [5, 5.41) is 3.55. The molecule has 0 saturated carbocycles. The molecule has 2 heterocycles. The number of esters is 1. The highest BCUT2D eigenvalue weighted by atomic mass is 32.1. The van der Waals surface area contributed by atoms with E-state index < -0.39 is 17.8 Å². The molecular formula is C22H21FN2O4S. The van der Waals surface area contributed by atoms with Crippen LogP contribution in [0.5, 0.6) is 11.5 Å². The van der Waals surface area contributed by atoms with E-state index in [1.165, 1.54) is 12.1 Å². The number of nitrogens with zero attached hydrogens (tertiary/aromatic N) is 1. The van der Waals surface area contributed by atoms with Crippen LogP contribution in [-0.4, -0.2) is 30.9 Å². The van der Waals surface area contributed by atoms with Crippen LogP contribution in [0.2, 0.25) is 0 Å². The van der Waals surface area contributed by atoms with Crippen molar-refractivity contribution in [2.45, 2.75) is 19.9 Å². The molecule has 1 N–H and O–H groups in total. The third-order valence-electron chi connectivity index (χ3n) is 4.95. The van der Waals surface area contributed by atoms with Crippen LogP contribution in [0.15, 0.2) is 53.7 Å². The van der Waals surface area contributed by atoms with Crippen molar-refractivity contribution >= 4 is 29.0 Å². The van der Waals surface area contributed by atoms with E-state index in [-0.39, 0.29) is 6.61 Å². The van der Waals surface area contributed by atoms with Crippen molar-refractivity contribution in [3.8, 4) is 11.5 Å². The van der Waals surface area contributed by atoms with Crippen LogP contribution in [0.3, 0.4) is 0 Å². The number of hydrogen-bond acceptors (Lipinski definition) is 5. The lowest BCUT2D eigenvalue weighted by Gasteiger charge is -2.37. The highest BCUT2D eigenvalue weighted by Gasteiger charge is 2.36. The number of anilines is 1. The number of rotatable bonds is 4. The van der Waals surface area contributed by atoms with Crippen molar-refractivity contribution in [2.24, 2.45) is 0 Å². The summed E-state index contributed by atoms with van der Waals surface area (Å²) in [4.78, 5) is 14.6. The van der Waals surface area contributed by atoms with Gasteiger partial charge in [-0.2, -0.15) is 0 Å². The Hall–Kier alpha value is -3.13. The fourth-order valence-corrected chi connectivity index (χ4v) is 3.99. The number of fused-ring (bicyclic) bond motifs is 1. The maximum Gasteiger partial charge on any atom is 0.338 e. The number of nitrogens with one attached hydrogen (secondary N) is 1. The Labute approximate surface area is 179 Å². The van der Waals surface area contributed by atoms with Gasteiger partial charge in [0.15, 0.2) is 16.6 Å². The van der Waals surface area contributed by atoms with Gasteiger partial charge in [0.1, 0.15) is 19.0 Å². The highest BCUT2D eigenvalue weighted by molar-refractivity contribution is 7.80. The van der Waals surface area contributed by atoms with Gasteiger partial charge in [0.2, 0.25) is 0 Å². The van der Waals surface area contributed by atoms with Crippen molar-refractivity contribution in [1.29, 1.82) is 0 Å². The molecular weight excluding hydrogens is 407 g/mol. The first-order chi connectivity index (χ1) is 14.5. The molecule has 0 aliphatic carbocycles. The summed E-state index contributed by atoms with van der Waals surface area (Å²) in [6.45, 7) is 4.72. The zero-order valence-corrected chi connectivity index (χ0v) is 17.4. The van der Waals surface area contributed by atoms with Gasteiger partial charge in [-0.1, -0.05) is 12.1 Å². The van der Waals surface area contributed by atoms with Gasteiger partial charge in [-0.3, -0.25) is 4.90 Å². The first-order valence-corrected chi connectivity index (χ1v) is 10.0. The smallest absolute Gasteiger partial charge is 0.338 e. The van der Waals surface area contributed by atoms with Crippen molar-refractivity contribution in [3.63, 3.8) is 0 Å². The SMILES string of the molecule is CCOC(=O)C1=C(C)N(c2ccc3c(c2)OCCO3)C(=S)N[C@H]1c1cccc(F)c1. The Balaban J connectivity index is 1.81. The van der Waals surface area contributed by atoms with Crippen LogP contribution in [0.25, 0.3) is 0 Å². The molecule has 0 aromatic heterocycles. The monoisotopic (exact) mass is 428 g/mol. The Morgan fingerprint density at radius 3 is 2.73 bits per heavy atom. The van der Waals surface area contributed by atoms with E-state index in [9.17, 15) is 9.18 Å². The zero-order valence-electron chi connectivity index (χ0n) is 16.6. The average Bonchev–Trinajstić information content (AvgIpc) is 2.73. The molecule has 0 amide bonds. The summed E-state index contributed by atoms with van der Waals surface area (Å²) in [6, 6.07) is 10.9. The number of benzene rings is 2. The fraction of sp³-hybridized carbons (Fsp3) is 0.273. The Kier molecular flexibility index (Phi) is 5.59. The molecule has 2 aromatic carbocycles. The molecule has 30 heavy (non-hydrogen) atoms. The highest BCUT2D eigenvalue weighted by Crippen LogP contribution is 2.38. The predicted octanol–water partition coefficient (Wildman–Crippen LogP) is 3.87. The summed E-state index contributed by atoms with van der Waals surface area (Å²) in [7, 11) is 0. The number of carbonyl (C=O) groups is 1. The van der Waals surface area contributed by atoms with E-state index in [1.807, 2.05) is 18.2 Å². The number of carbonyl (C=O) groups excluding carboxylic acids is 1. The molecule has 2 aliphatic rings. The lowest BCUT2D eigenvalue weighted by Crippen LogP contribution is -2.48. The second-order valence-corrected chi connectivity index (χ2v) is 7.21. The van der Waals surface area contributed by atoms with Crippen LogP contribution in [0, 0.1) is 5.82 Å². The van der Waals surface area contributed by atoms with Crippen molar-refractivity contribution in [3.05, 3.63) is 65.1 Å². The average molecular weight is 428 g/mol. The summed E-state index contributed by atoms with van der Waals surface area (Å²) >= 11 is 5.62. The second-order valence-electron chi connectivity index (χ2n) is 6.82. The van der Waals surface area contributed by atoms with Crippen molar-refractivity contribution < 1.29 is 23.4 Å².